The molecule has 2 amide bonds. The van der Waals surface area contributed by atoms with Crippen molar-refractivity contribution in [2.24, 2.45) is 23.2 Å². The van der Waals surface area contributed by atoms with Gasteiger partial charge in [-0.1, -0.05) is 20.8 Å². The van der Waals surface area contributed by atoms with Gasteiger partial charge in [-0.05, 0) is 24.2 Å². The van der Waals surface area contributed by atoms with Crippen LogP contribution in [0.3, 0.4) is 0 Å². The van der Waals surface area contributed by atoms with E-state index in [2.05, 4.69) is 31.4 Å². The Hall–Kier alpha value is -1.10. The SMILES string of the molecule is CC(C)(C)[C@@H]1CNC(=O)[C@H]1C(=O)NCC1CCOCC1. The van der Waals surface area contributed by atoms with Gasteiger partial charge in [0.2, 0.25) is 11.8 Å². The zero-order valence-corrected chi connectivity index (χ0v) is 12.7. The molecule has 2 rings (SSSR count). The predicted molar refractivity (Wildman–Crippen MR) is 76.0 cm³/mol. The van der Waals surface area contributed by atoms with Crippen molar-refractivity contribution in [3.05, 3.63) is 0 Å². The molecule has 0 unspecified atom stereocenters. The summed E-state index contributed by atoms with van der Waals surface area (Å²) in [6.07, 6.45) is 1.97. The first-order valence-electron chi connectivity index (χ1n) is 7.53. The summed E-state index contributed by atoms with van der Waals surface area (Å²) in [5.41, 5.74) is -0.0557. The van der Waals surface area contributed by atoms with Crippen molar-refractivity contribution in [1.29, 1.82) is 0 Å². The average Bonchev–Trinajstić information content (AvgIpc) is 2.79. The Bertz CT molecular complexity index is 370. The number of carbonyl (C=O) groups is 2. The van der Waals surface area contributed by atoms with E-state index in [-0.39, 0.29) is 23.1 Å². The van der Waals surface area contributed by atoms with E-state index < -0.39 is 5.92 Å². The van der Waals surface area contributed by atoms with Crippen molar-refractivity contribution in [3.8, 4) is 0 Å². The highest BCUT2D eigenvalue weighted by atomic mass is 16.5. The fourth-order valence-electron chi connectivity index (χ4n) is 3.03. The highest BCUT2D eigenvalue weighted by molar-refractivity contribution is 6.02. The summed E-state index contributed by atoms with van der Waals surface area (Å²) in [5.74, 6) is -0.259. The second-order valence-electron chi connectivity index (χ2n) is 7.00. The van der Waals surface area contributed by atoms with E-state index >= 15 is 0 Å². The molecule has 2 heterocycles. The summed E-state index contributed by atoms with van der Waals surface area (Å²) in [4.78, 5) is 24.3. The van der Waals surface area contributed by atoms with E-state index in [0.717, 1.165) is 26.1 Å². The summed E-state index contributed by atoms with van der Waals surface area (Å²) in [5, 5.41) is 5.80. The van der Waals surface area contributed by atoms with Crippen LogP contribution in [-0.4, -0.2) is 38.1 Å². The quantitative estimate of drug-likeness (QED) is 0.757. The van der Waals surface area contributed by atoms with E-state index in [1.807, 2.05) is 0 Å². The van der Waals surface area contributed by atoms with Gasteiger partial charge in [0, 0.05) is 32.2 Å². The van der Waals surface area contributed by atoms with Gasteiger partial charge in [0.25, 0.3) is 0 Å². The number of hydrogen-bond acceptors (Lipinski definition) is 3. The summed E-state index contributed by atoms with van der Waals surface area (Å²) in [7, 11) is 0. The smallest absolute Gasteiger partial charge is 0.232 e. The first kappa shape index (κ1) is 15.3. The lowest BCUT2D eigenvalue weighted by atomic mass is 9.74. The van der Waals surface area contributed by atoms with Crippen LogP contribution in [0, 0.1) is 23.2 Å². The van der Waals surface area contributed by atoms with E-state index in [9.17, 15) is 9.59 Å². The number of nitrogens with one attached hydrogen (secondary N) is 2. The second kappa shape index (κ2) is 6.12. The Labute approximate surface area is 120 Å². The molecule has 0 aliphatic carbocycles. The number of rotatable bonds is 3. The fraction of sp³-hybridized carbons (Fsp3) is 0.867. The number of amides is 2. The molecule has 0 saturated carbocycles. The average molecular weight is 282 g/mol. The third-order valence-corrected chi connectivity index (χ3v) is 4.48. The lowest BCUT2D eigenvalue weighted by molar-refractivity contribution is -0.135. The molecule has 5 heteroatoms. The molecule has 0 aromatic rings. The molecule has 2 atom stereocenters. The molecule has 0 spiro atoms. The van der Waals surface area contributed by atoms with E-state index in [0.29, 0.717) is 19.0 Å². The van der Waals surface area contributed by atoms with Crippen molar-refractivity contribution in [3.63, 3.8) is 0 Å². The van der Waals surface area contributed by atoms with Crippen LogP contribution < -0.4 is 10.6 Å². The van der Waals surface area contributed by atoms with Crippen molar-refractivity contribution in [2.75, 3.05) is 26.3 Å². The zero-order valence-electron chi connectivity index (χ0n) is 12.7. The van der Waals surface area contributed by atoms with Crippen LogP contribution in [-0.2, 0) is 14.3 Å². The van der Waals surface area contributed by atoms with Crippen LogP contribution in [0.15, 0.2) is 0 Å². The first-order chi connectivity index (χ1) is 9.39. The Morgan fingerprint density at radius 3 is 2.60 bits per heavy atom. The van der Waals surface area contributed by atoms with Crippen molar-refractivity contribution >= 4 is 11.8 Å². The first-order valence-corrected chi connectivity index (χ1v) is 7.53. The largest absolute Gasteiger partial charge is 0.381 e. The fourth-order valence-corrected chi connectivity index (χ4v) is 3.03. The van der Waals surface area contributed by atoms with Gasteiger partial charge in [0.05, 0.1) is 0 Å². The van der Waals surface area contributed by atoms with Gasteiger partial charge in [-0.25, -0.2) is 0 Å². The number of hydrogen-bond donors (Lipinski definition) is 2. The molecule has 20 heavy (non-hydrogen) atoms. The van der Waals surface area contributed by atoms with Gasteiger partial charge in [-0.3, -0.25) is 9.59 Å². The van der Waals surface area contributed by atoms with Gasteiger partial charge in [0.1, 0.15) is 5.92 Å². The highest BCUT2D eigenvalue weighted by Crippen LogP contribution is 2.35. The van der Waals surface area contributed by atoms with E-state index in [1.54, 1.807) is 0 Å². The Morgan fingerprint density at radius 1 is 1.35 bits per heavy atom. The molecule has 2 aliphatic rings. The van der Waals surface area contributed by atoms with Crippen LogP contribution >= 0.6 is 0 Å². The summed E-state index contributed by atoms with van der Waals surface area (Å²) in [6, 6.07) is 0. The molecule has 114 valence electrons. The monoisotopic (exact) mass is 282 g/mol. The maximum Gasteiger partial charge on any atom is 0.232 e. The molecule has 0 radical (unpaired) electrons. The van der Waals surface area contributed by atoms with Gasteiger partial charge < -0.3 is 15.4 Å². The number of ether oxygens (including phenoxy) is 1. The lowest BCUT2D eigenvalue weighted by Gasteiger charge is -2.30. The molecule has 2 N–H and O–H groups in total. The van der Waals surface area contributed by atoms with Crippen LogP contribution in [0.4, 0.5) is 0 Å². The van der Waals surface area contributed by atoms with E-state index in [1.165, 1.54) is 0 Å². The molecule has 0 bridgehead atoms. The molecule has 5 nitrogen and oxygen atoms in total. The topological polar surface area (TPSA) is 67.4 Å². The van der Waals surface area contributed by atoms with Gasteiger partial charge in [-0.15, -0.1) is 0 Å². The maximum absolute atomic E-state index is 12.4. The Balaban J connectivity index is 1.91. The zero-order chi connectivity index (χ0) is 14.8. The highest BCUT2D eigenvalue weighted by Gasteiger charge is 2.45. The van der Waals surface area contributed by atoms with Gasteiger partial charge in [0.15, 0.2) is 0 Å². The van der Waals surface area contributed by atoms with E-state index in [4.69, 9.17) is 4.74 Å². The summed E-state index contributed by atoms with van der Waals surface area (Å²) in [6.45, 7) is 9.04. The minimum absolute atomic E-state index is 0.0557. The molecule has 2 fully saturated rings. The molecular formula is C15H26N2O3. The molecule has 2 aliphatic heterocycles. The van der Waals surface area contributed by atoms with Gasteiger partial charge >= 0.3 is 0 Å². The molecule has 0 aromatic heterocycles. The standard InChI is InChI=1S/C15H26N2O3/c1-15(2,3)11-9-17-14(19)12(11)13(18)16-8-10-4-6-20-7-5-10/h10-12H,4-9H2,1-3H3,(H,16,18)(H,17,19)/t11-,12-/m1/s1. The minimum atomic E-state index is -0.546. The van der Waals surface area contributed by atoms with Crippen LogP contribution in [0.2, 0.25) is 0 Å². The molecule has 0 aromatic carbocycles. The van der Waals surface area contributed by atoms with Crippen LogP contribution in [0.1, 0.15) is 33.6 Å². The molecule has 2 saturated heterocycles. The second-order valence-corrected chi connectivity index (χ2v) is 7.00. The van der Waals surface area contributed by atoms with Crippen molar-refractivity contribution < 1.29 is 14.3 Å². The third-order valence-electron chi connectivity index (χ3n) is 4.48. The lowest BCUT2D eigenvalue weighted by Crippen LogP contribution is -2.43. The summed E-state index contributed by atoms with van der Waals surface area (Å²) >= 11 is 0. The summed E-state index contributed by atoms with van der Waals surface area (Å²) < 4.78 is 5.31. The third kappa shape index (κ3) is 3.51. The van der Waals surface area contributed by atoms with Crippen LogP contribution in [0.25, 0.3) is 0 Å². The molecular weight excluding hydrogens is 256 g/mol. The normalized spacial score (nSPS) is 28.2. The van der Waals surface area contributed by atoms with Gasteiger partial charge in [-0.2, -0.15) is 0 Å². The van der Waals surface area contributed by atoms with Crippen molar-refractivity contribution in [2.45, 2.75) is 33.6 Å². The number of carbonyl (C=O) groups excluding carboxylic acids is 2. The van der Waals surface area contributed by atoms with Crippen LogP contribution in [0.5, 0.6) is 0 Å². The Kier molecular flexibility index (Phi) is 4.68. The maximum atomic E-state index is 12.4. The predicted octanol–water partition coefficient (Wildman–Crippen LogP) is 0.937. The Morgan fingerprint density at radius 2 is 2.00 bits per heavy atom. The van der Waals surface area contributed by atoms with Crippen molar-refractivity contribution in [1.82, 2.24) is 10.6 Å². The minimum Gasteiger partial charge on any atom is -0.381 e.